The number of aliphatic hydroxyl groups excluding tert-OH is 1. The third-order valence-corrected chi connectivity index (χ3v) is 2.93. The maximum absolute atomic E-state index is 9.69. The second-order valence-corrected chi connectivity index (χ2v) is 4.81. The summed E-state index contributed by atoms with van der Waals surface area (Å²) >= 11 is 0. The molecule has 1 rings (SSSR count). The van der Waals surface area contributed by atoms with E-state index < -0.39 is 0 Å². The highest BCUT2D eigenvalue weighted by atomic mass is 16.3. The van der Waals surface area contributed by atoms with Crippen molar-refractivity contribution in [2.45, 2.75) is 52.6 Å². The van der Waals surface area contributed by atoms with Crippen LogP contribution in [0.25, 0.3) is 0 Å². The highest BCUT2D eigenvalue weighted by Gasteiger charge is 2.28. The highest BCUT2D eigenvalue weighted by molar-refractivity contribution is 4.80. The number of aliphatic hydroxyl groups is 1. The molecule has 1 aliphatic rings. The molecule has 0 unspecified atom stereocenters. The molecule has 0 aromatic heterocycles. The fourth-order valence-corrected chi connectivity index (χ4v) is 1.96. The smallest absolute Gasteiger partial charge is 0.0570 e. The van der Waals surface area contributed by atoms with E-state index in [1.165, 1.54) is 19.3 Å². The Bertz CT molecular complexity index is 129. The van der Waals surface area contributed by atoms with Crippen molar-refractivity contribution in [1.29, 1.82) is 0 Å². The Balaban J connectivity index is 2.55. The lowest BCUT2D eigenvalue weighted by Gasteiger charge is -2.25. The molecule has 1 aliphatic carbocycles. The maximum Gasteiger partial charge on any atom is 0.0570 e. The first-order valence-corrected chi connectivity index (χ1v) is 4.69. The molecule has 2 atom stereocenters. The van der Waals surface area contributed by atoms with Crippen LogP contribution in [-0.2, 0) is 0 Å². The summed E-state index contributed by atoms with van der Waals surface area (Å²) in [5, 5.41) is 9.69. The van der Waals surface area contributed by atoms with Gasteiger partial charge in [-0.25, -0.2) is 0 Å². The SMILES string of the molecule is C[C@@H]1CCCC(C)(C)C[C@H]1O. The molecule has 1 heteroatoms. The molecule has 0 heterocycles. The minimum Gasteiger partial charge on any atom is -0.393 e. The monoisotopic (exact) mass is 156 g/mol. The summed E-state index contributed by atoms with van der Waals surface area (Å²) in [7, 11) is 0. The Hall–Kier alpha value is -0.0400. The van der Waals surface area contributed by atoms with Crippen molar-refractivity contribution < 1.29 is 5.11 Å². The molecule has 0 aromatic carbocycles. The zero-order valence-corrected chi connectivity index (χ0v) is 7.93. The van der Waals surface area contributed by atoms with Gasteiger partial charge in [-0.2, -0.15) is 0 Å². The lowest BCUT2D eigenvalue weighted by Crippen LogP contribution is -2.22. The molecule has 0 aliphatic heterocycles. The summed E-state index contributed by atoms with van der Waals surface area (Å²) in [6, 6.07) is 0. The van der Waals surface area contributed by atoms with Gasteiger partial charge in [-0.05, 0) is 30.6 Å². The van der Waals surface area contributed by atoms with Gasteiger partial charge in [-0.15, -0.1) is 0 Å². The van der Waals surface area contributed by atoms with Crippen molar-refractivity contribution in [2.75, 3.05) is 0 Å². The van der Waals surface area contributed by atoms with Crippen LogP contribution in [0.3, 0.4) is 0 Å². The van der Waals surface area contributed by atoms with Gasteiger partial charge in [0, 0.05) is 0 Å². The first kappa shape index (κ1) is 9.05. The van der Waals surface area contributed by atoms with Crippen molar-refractivity contribution in [1.82, 2.24) is 0 Å². The van der Waals surface area contributed by atoms with Crippen LogP contribution >= 0.6 is 0 Å². The van der Waals surface area contributed by atoms with Gasteiger partial charge in [0.2, 0.25) is 0 Å². The minimum absolute atomic E-state index is 0.0625. The fourth-order valence-electron chi connectivity index (χ4n) is 1.96. The number of hydrogen-bond acceptors (Lipinski definition) is 1. The van der Waals surface area contributed by atoms with Gasteiger partial charge in [-0.1, -0.05) is 27.2 Å². The quantitative estimate of drug-likeness (QED) is 0.534. The second kappa shape index (κ2) is 3.14. The summed E-state index contributed by atoms with van der Waals surface area (Å²) in [4.78, 5) is 0. The predicted octanol–water partition coefficient (Wildman–Crippen LogP) is 2.58. The van der Waals surface area contributed by atoms with Crippen LogP contribution in [0, 0.1) is 11.3 Å². The van der Waals surface area contributed by atoms with E-state index in [4.69, 9.17) is 0 Å². The maximum atomic E-state index is 9.69. The van der Waals surface area contributed by atoms with Crippen molar-refractivity contribution in [3.63, 3.8) is 0 Å². The summed E-state index contributed by atoms with van der Waals surface area (Å²) in [6.07, 6.45) is 4.67. The summed E-state index contributed by atoms with van der Waals surface area (Å²) in [6.45, 7) is 6.68. The number of hydrogen-bond donors (Lipinski definition) is 1. The average molecular weight is 156 g/mol. The van der Waals surface area contributed by atoms with Crippen LogP contribution in [0.1, 0.15) is 46.5 Å². The van der Waals surface area contributed by atoms with Gasteiger partial charge >= 0.3 is 0 Å². The molecule has 11 heavy (non-hydrogen) atoms. The normalized spacial score (nSPS) is 38.2. The largest absolute Gasteiger partial charge is 0.393 e. The molecule has 0 saturated heterocycles. The lowest BCUT2D eigenvalue weighted by molar-refractivity contribution is 0.0802. The van der Waals surface area contributed by atoms with Crippen LogP contribution in [0.15, 0.2) is 0 Å². The summed E-state index contributed by atoms with van der Waals surface area (Å²) < 4.78 is 0. The molecule has 0 bridgehead atoms. The molecular weight excluding hydrogens is 136 g/mol. The lowest BCUT2D eigenvalue weighted by atomic mass is 9.84. The van der Waals surface area contributed by atoms with Crippen LogP contribution in [0.2, 0.25) is 0 Å². The molecule has 66 valence electrons. The van der Waals surface area contributed by atoms with Crippen molar-refractivity contribution in [2.24, 2.45) is 11.3 Å². The molecule has 1 fully saturated rings. The van der Waals surface area contributed by atoms with Crippen molar-refractivity contribution >= 4 is 0 Å². The van der Waals surface area contributed by atoms with Gasteiger partial charge in [0.05, 0.1) is 6.10 Å². The van der Waals surface area contributed by atoms with Crippen LogP contribution in [0.5, 0.6) is 0 Å². The highest BCUT2D eigenvalue weighted by Crippen LogP contribution is 2.35. The molecule has 1 saturated carbocycles. The van der Waals surface area contributed by atoms with E-state index >= 15 is 0 Å². The first-order chi connectivity index (χ1) is 5.01. The van der Waals surface area contributed by atoms with E-state index in [-0.39, 0.29) is 6.10 Å². The Morgan fingerprint density at radius 1 is 1.36 bits per heavy atom. The van der Waals surface area contributed by atoms with E-state index in [2.05, 4.69) is 20.8 Å². The minimum atomic E-state index is -0.0625. The van der Waals surface area contributed by atoms with Crippen LogP contribution < -0.4 is 0 Å². The zero-order valence-electron chi connectivity index (χ0n) is 7.93. The first-order valence-electron chi connectivity index (χ1n) is 4.69. The van der Waals surface area contributed by atoms with Gasteiger partial charge < -0.3 is 5.11 Å². The summed E-state index contributed by atoms with van der Waals surface area (Å²) in [5.74, 6) is 0.511. The van der Waals surface area contributed by atoms with Gasteiger partial charge in [0.1, 0.15) is 0 Å². The van der Waals surface area contributed by atoms with Gasteiger partial charge in [0.15, 0.2) is 0 Å². The topological polar surface area (TPSA) is 20.2 Å². The number of rotatable bonds is 0. The van der Waals surface area contributed by atoms with Crippen LogP contribution in [-0.4, -0.2) is 11.2 Å². The average Bonchev–Trinajstić information content (AvgIpc) is 1.93. The molecule has 0 amide bonds. The third kappa shape index (κ3) is 2.48. The van der Waals surface area contributed by atoms with Crippen LogP contribution in [0.4, 0.5) is 0 Å². The predicted molar refractivity (Wildman–Crippen MR) is 47.4 cm³/mol. The Morgan fingerprint density at radius 2 is 2.00 bits per heavy atom. The molecule has 1 N–H and O–H groups in total. The summed E-state index contributed by atoms with van der Waals surface area (Å²) in [5.41, 5.74) is 0.365. The zero-order chi connectivity index (χ0) is 8.48. The van der Waals surface area contributed by atoms with E-state index in [1.54, 1.807) is 0 Å². The van der Waals surface area contributed by atoms with Crippen molar-refractivity contribution in [3.8, 4) is 0 Å². The molecule has 0 spiro atoms. The third-order valence-electron chi connectivity index (χ3n) is 2.93. The molecular formula is C10H20O. The van der Waals surface area contributed by atoms with Gasteiger partial charge in [-0.3, -0.25) is 0 Å². The van der Waals surface area contributed by atoms with E-state index in [9.17, 15) is 5.11 Å². The fraction of sp³-hybridized carbons (Fsp3) is 1.00. The van der Waals surface area contributed by atoms with Crippen molar-refractivity contribution in [3.05, 3.63) is 0 Å². The van der Waals surface area contributed by atoms with E-state index in [0.29, 0.717) is 11.3 Å². The second-order valence-electron chi connectivity index (χ2n) is 4.81. The Labute approximate surface area is 69.8 Å². The molecule has 0 radical (unpaired) electrons. The van der Waals surface area contributed by atoms with E-state index in [0.717, 1.165) is 6.42 Å². The Morgan fingerprint density at radius 3 is 2.64 bits per heavy atom. The standard InChI is InChI=1S/C10H20O/c1-8-5-4-6-10(2,3)7-9(8)11/h8-9,11H,4-7H2,1-3H3/t8-,9-/m1/s1. The van der Waals surface area contributed by atoms with E-state index in [1.807, 2.05) is 0 Å². The molecule has 0 aromatic rings. The molecule has 1 nitrogen and oxygen atoms in total. The van der Waals surface area contributed by atoms with Gasteiger partial charge in [0.25, 0.3) is 0 Å². The Kier molecular flexibility index (Phi) is 2.58.